The monoisotopic (exact) mass is 417 g/mol. The molecule has 1 N–H and O–H groups in total. The lowest BCUT2D eigenvalue weighted by Gasteiger charge is -2.35. The molecule has 3 heterocycles. The molecule has 0 radical (unpaired) electrons. The van der Waals surface area contributed by atoms with Crippen molar-refractivity contribution < 1.29 is 4.39 Å². The first-order valence-electron chi connectivity index (χ1n) is 10.6. The molecule has 0 saturated carbocycles. The van der Waals surface area contributed by atoms with Crippen molar-refractivity contribution in [3.05, 3.63) is 64.6 Å². The Morgan fingerprint density at radius 3 is 2.65 bits per heavy atom. The minimum atomic E-state index is -0.303. The Labute approximate surface area is 179 Å². The smallest absolute Gasteiger partial charge is 0.260 e. The lowest BCUT2D eigenvalue weighted by Crippen LogP contribution is -2.47. The Morgan fingerprint density at radius 1 is 1.03 bits per heavy atom. The molecule has 5 rings (SSSR count). The third-order valence-electron chi connectivity index (χ3n) is 6.02. The summed E-state index contributed by atoms with van der Waals surface area (Å²) in [5.41, 5.74) is 4.65. The summed E-state index contributed by atoms with van der Waals surface area (Å²) < 4.78 is 12.6. The number of H-pyrrole nitrogens is 1. The Kier molecular flexibility index (Phi) is 5.11. The van der Waals surface area contributed by atoms with Gasteiger partial charge in [-0.15, -0.1) is 0 Å². The van der Waals surface area contributed by atoms with Crippen LogP contribution in [-0.2, 0) is 0 Å². The molecule has 1 aromatic heterocycles. The molecular weight excluding hydrogens is 393 g/mol. The maximum Gasteiger partial charge on any atom is 0.260 e. The number of aryl methyl sites for hydroxylation is 1. The standard InChI is InChI=1S/C24H24FN5O/c1-16-18-8-7-17(30-13-11-29(10-9-25)12-14-30)15-21(18)27-23(26-16)22-19-5-3-2-4-6-20(19)28-24(22)31/h2-8,15H,9-14H2,1H3,(H,28,31). The zero-order chi connectivity index (χ0) is 21.4. The van der Waals surface area contributed by atoms with Crippen molar-refractivity contribution in [3.63, 3.8) is 0 Å². The zero-order valence-electron chi connectivity index (χ0n) is 17.4. The molecule has 158 valence electrons. The predicted octanol–water partition coefficient (Wildman–Crippen LogP) is 3.49. The van der Waals surface area contributed by atoms with Gasteiger partial charge in [0.15, 0.2) is 5.82 Å². The van der Waals surface area contributed by atoms with Crippen molar-refractivity contribution in [2.45, 2.75) is 6.92 Å². The number of aromatic amines is 1. The second-order valence-corrected chi connectivity index (χ2v) is 7.92. The van der Waals surface area contributed by atoms with E-state index >= 15 is 0 Å². The number of alkyl halides is 1. The molecule has 31 heavy (non-hydrogen) atoms. The van der Waals surface area contributed by atoms with Gasteiger partial charge in [-0.3, -0.25) is 9.69 Å². The Bertz CT molecular complexity index is 1260. The highest BCUT2D eigenvalue weighted by Crippen LogP contribution is 2.30. The van der Waals surface area contributed by atoms with Crippen LogP contribution in [-0.4, -0.2) is 59.3 Å². The van der Waals surface area contributed by atoms with Crippen molar-refractivity contribution in [2.24, 2.45) is 0 Å². The van der Waals surface area contributed by atoms with Crippen LogP contribution in [0.3, 0.4) is 0 Å². The lowest BCUT2D eigenvalue weighted by molar-refractivity contribution is 0.235. The molecule has 1 fully saturated rings. The average Bonchev–Trinajstić information content (AvgIpc) is 2.92. The van der Waals surface area contributed by atoms with Crippen LogP contribution in [0.4, 0.5) is 10.1 Å². The Balaban J connectivity index is 1.54. The van der Waals surface area contributed by atoms with Gasteiger partial charge in [0.05, 0.1) is 11.1 Å². The van der Waals surface area contributed by atoms with E-state index in [0.717, 1.165) is 59.7 Å². The van der Waals surface area contributed by atoms with Gasteiger partial charge in [0, 0.05) is 60.7 Å². The fraction of sp³-hybridized carbons (Fsp3) is 0.292. The molecular formula is C24H24FN5O. The van der Waals surface area contributed by atoms with Gasteiger partial charge in [-0.2, -0.15) is 0 Å². The van der Waals surface area contributed by atoms with Gasteiger partial charge in [0.1, 0.15) is 6.67 Å². The van der Waals surface area contributed by atoms with Crippen molar-refractivity contribution in [2.75, 3.05) is 44.3 Å². The van der Waals surface area contributed by atoms with E-state index in [-0.39, 0.29) is 12.2 Å². The summed E-state index contributed by atoms with van der Waals surface area (Å²) in [5, 5.41) is 0.974. The summed E-state index contributed by atoms with van der Waals surface area (Å²) in [7, 11) is 0. The van der Waals surface area contributed by atoms with Crippen LogP contribution < -0.4 is 10.5 Å². The second kappa shape index (κ2) is 8.07. The largest absolute Gasteiger partial charge is 0.369 e. The summed E-state index contributed by atoms with van der Waals surface area (Å²) in [6.45, 7) is 5.55. The summed E-state index contributed by atoms with van der Waals surface area (Å²) in [5.74, 6) is 0.442. The summed E-state index contributed by atoms with van der Waals surface area (Å²) in [6.07, 6.45) is 0. The quantitative estimate of drug-likeness (QED) is 0.551. The highest BCUT2D eigenvalue weighted by atomic mass is 19.1. The summed E-state index contributed by atoms with van der Waals surface area (Å²) in [4.78, 5) is 29.5. The van der Waals surface area contributed by atoms with Gasteiger partial charge in [-0.1, -0.05) is 24.3 Å². The number of benzene rings is 1. The van der Waals surface area contributed by atoms with Crippen LogP contribution in [0.25, 0.3) is 33.5 Å². The fourth-order valence-electron chi connectivity index (χ4n) is 4.34. The number of aromatic nitrogens is 3. The van der Waals surface area contributed by atoms with Crippen molar-refractivity contribution in [1.29, 1.82) is 0 Å². The number of nitrogens with one attached hydrogen (secondary N) is 1. The van der Waals surface area contributed by atoms with Crippen LogP contribution in [0, 0.1) is 6.92 Å². The number of hydrogen-bond donors (Lipinski definition) is 1. The molecule has 0 amide bonds. The third kappa shape index (κ3) is 3.65. The van der Waals surface area contributed by atoms with Gasteiger partial charge in [-0.25, -0.2) is 14.4 Å². The summed E-state index contributed by atoms with van der Waals surface area (Å²) in [6, 6.07) is 15.7. The van der Waals surface area contributed by atoms with Gasteiger partial charge in [-0.05, 0) is 31.2 Å². The maximum atomic E-state index is 12.7. The van der Waals surface area contributed by atoms with E-state index in [0.29, 0.717) is 17.9 Å². The van der Waals surface area contributed by atoms with E-state index in [2.05, 4.69) is 31.9 Å². The van der Waals surface area contributed by atoms with Crippen LogP contribution in [0.1, 0.15) is 5.69 Å². The number of fused-ring (bicyclic) bond motifs is 2. The van der Waals surface area contributed by atoms with Crippen LogP contribution in [0.5, 0.6) is 0 Å². The average molecular weight is 417 g/mol. The number of hydrogen-bond acceptors (Lipinski definition) is 5. The molecule has 1 saturated heterocycles. The molecule has 6 nitrogen and oxygen atoms in total. The SMILES string of the molecule is Cc1nc(-c2c3cccccc-3[nH]c2=O)nc2cc(N3CCN(CCF)CC3)ccc12. The third-order valence-corrected chi connectivity index (χ3v) is 6.02. The molecule has 2 aromatic rings. The highest BCUT2D eigenvalue weighted by Gasteiger charge is 2.21. The van der Waals surface area contributed by atoms with Gasteiger partial charge in [0.2, 0.25) is 0 Å². The number of piperazine rings is 1. The number of rotatable bonds is 4. The highest BCUT2D eigenvalue weighted by molar-refractivity contribution is 5.88. The minimum Gasteiger partial charge on any atom is -0.369 e. The van der Waals surface area contributed by atoms with Gasteiger partial charge < -0.3 is 9.88 Å². The number of nitrogens with zero attached hydrogens (tertiary/aromatic N) is 4. The van der Waals surface area contributed by atoms with Crippen LogP contribution >= 0.6 is 0 Å². The first-order valence-corrected chi connectivity index (χ1v) is 10.6. The Morgan fingerprint density at radius 2 is 1.84 bits per heavy atom. The van der Waals surface area contributed by atoms with Crippen molar-refractivity contribution in [1.82, 2.24) is 19.9 Å². The normalized spacial score (nSPS) is 15.1. The van der Waals surface area contributed by atoms with Crippen molar-refractivity contribution >= 4 is 16.6 Å². The van der Waals surface area contributed by atoms with E-state index in [4.69, 9.17) is 4.98 Å². The molecule has 0 spiro atoms. The van der Waals surface area contributed by atoms with Crippen molar-refractivity contribution in [3.8, 4) is 22.6 Å². The molecule has 2 aliphatic heterocycles. The first-order chi connectivity index (χ1) is 15.1. The van der Waals surface area contributed by atoms with E-state index in [1.165, 1.54) is 0 Å². The zero-order valence-corrected chi connectivity index (χ0v) is 17.4. The molecule has 1 aromatic carbocycles. The van der Waals surface area contributed by atoms with Crippen LogP contribution in [0.15, 0.2) is 53.3 Å². The molecule has 7 heteroatoms. The maximum absolute atomic E-state index is 12.7. The molecule has 3 aliphatic rings. The van der Waals surface area contributed by atoms with Crippen LogP contribution in [0.2, 0.25) is 0 Å². The molecule has 0 unspecified atom stereocenters. The van der Waals surface area contributed by atoms with E-state index in [1.54, 1.807) is 0 Å². The topological polar surface area (TPSA) is 65.1 Å². The number of anilines is 1. The first kappa shape index (κ1) is 19.6. The van der Waals surface area contributed by atoms with E-state index < -0.39 is 0 Å². The van der Waals surface area contributed by atoms with Gasteiger partial charge >= 0.3 is 0 Å². The van der Waals surface area contributed by atoms with Gasteiger partial charge in [0.25, 0.3) is 5.56 Å². The molecule has 1 aliphatic carbocycles. The predicted molar refractivity (Wildman–Crippen MR) is 122 cm³/mol. The second-order valence-electron chi connectivity index (χ2n) is 7.92. The molecule has 0 atom stereocenters. The van der Waals surface area contributed by atoms with E-state index in [1.807, 2.05) is 43.3 Å². The minimum absolute atomic E-state index is 0.180. The number of halogens is 1. The molecule has 0 bridgehead atoms. The lowest BCUT2D eigenvalue weighted by atomic mass is 10.1. The Hall–Kier alpha value is -3.32. The summed E-state index contributed by atoms with van der Waals surface area (Å²) >= 11 is 0. The fourth-order valence-corrected chi connectivity index (χ4v) is 4.34. The van der Waals surface area contributed by atoms with E-state index in [9.17, 15) is 9.18 Å².